The van der Waals surface area contributed by atoms with Crippen molar-refractivity contribution in [1.82, 2.24) is 9.88 Å². The first kappa shape index (κ1) is 17.9. The Bertz CT molecular complexity index is 870. The lowest BCUT2D eigenvalue weighted by Crippen LogP contribution is -2.37. The molecule has 1 amide bonds. The number of β-amino-alcohol motifs (C(OH)–C–C–N with tert-alkyl or cyclic N) is 1. The van der Waals surface area contributed by atoms with Gasteiger partial charge in [0.1, 0.15) is 5.69 Å². The SMILES string of the molecule is O=C(Nc1cccc(Br)c1Cl)c1cc2c(cn1)CN(CC1(O)CC1)CC2. The molecule has 2 heterocycles. The number of nitrogens with one attached hydrogen (secondary N) is 1. The van der Waals surface area contributed by atoms with E-state index in [0.717, 1.165) is 54.5 Å². The van der Waals surface area contributed by atoms with E-state index >= 15 is 0 Å². The van der Waals surface area contributed by atoms with Crippen LogP contribution in [-0.2, 0) is 13.0 Å². The van der Waals surface area contributed by atoms with Crippen LogP contribution in [0.3, 0.4) is 0 Å². The molecule has 1 aromatic heterocycles. The fourth-order valence-electron chi connectivity index (χ4n) is 3.26. The molecule has 2 N–H and O–H groups in total. The van der Waals surface area contributed by atoms with Gasteiger partial charge in [-0.15, -0.1) is 0 Å². The van der Waals surface area contributed by atoms with Gasteiger partial charge in [0.05, 0.1) is 16.3 Å². The largest absolute Gasteiger partial charge is 0.389 e. The van der Waals surface area contributed by atoms with E-state index < -0.39 is 5.60 Å². The molecule has 7 heteroatoms. The highest BCUT2D eigenvalue weighted by molar-refractivity contribution is 9.10. The van der Waals surface area contributed by atoms with E-state index in [1.165, 1.54) is 0 Å². The minimum atomic E-state index is -0.478. The summed E-state index contributed by atoms with van der Waals surface area (Å²) in [6.45, 7) is 2.37. The molecule has 2 aliphatic rings. The number of amides is 1. The predicted molar refractivity (Wildman–Crippen MR) is 105 cm³/mol. The van der Waals surface area contributed by atoms with Gasteiger partial charge in [0.2, 0.25) is 0 Å². The van der Waals surface area contributed by atoms with Crippen LogP contribution >= 0.6 is 27.5 Å². The fourth-order valence-corrected chi connectivity index (χ4v) is 3.80. The van der Waals surface area contributed by atoms with Crippen molar-refractivity contribution in [3.8, 4) is 0 Å². The molecule has 1 saturated carbocycles. The highest BCUT2D eigenvalue weighted by Crippen LogP contribution is 2.36. The smallest absolute Gasteiger partial charge is 0.274 e. The summed E-state index contributed by atoms with van der Waals surface area (Å²) in [7, 11) is 0. The number of pyridine rings is 1. The van der Waals surface area contributed by atoms with Crippen molar-refractivity contribution in [2.45, 2.75) is 31.4 Å². The monoisotopic (exact) mass is 435 g/mol. The van der Waals surface area contributed by atoms with Crippen molar-refractivity contribution >= 4 is 39.1 Å². The second-order valence-electron chi connectivity index (χ2n) is 7.08. The number of carbonyl (C=O) groups excluding carboxylic acids is 1. The molecule has 5 nitrogen and oxygen atoms in total. The van der Waals surface area contributed by atoms with Gasteiger partial charge in [0, 0.05) is 30.3 Å². The van der Waals surface area contributed by atoms with E-state index in [4.69, 9.17) is 11.6 Å². The molecule has 1 aromatic carbocycles. The van der Waals surface area contributed by atoms with Crippen LogP contribution in [0.25, 0.3) is 0 Å². The van der Waals surface area contributed by atoms with E-state index in [1.807, 2.05) is 18.2 Å². The molecular weight excluding hydrogens is 418 g/mol. The van der Waals surface area contributed by atoms with E-state index in [-0.39, 0.29) is 5.91 Å². The third-order valence-corrected chi connectivity index (χ3v) is 6.25. The van der Waals surface area contributed by atoms with Gasteiger partial charge >= 0.3 is 0 Å². The van der Waals surface area contributed by atoms with Crippen molar-refractivity contribution < 1.29 is 9.90 Å². The average Bonchev–Trinajstić information content (AvgIpc) is 3.35. The van der Waals surface area contributed by atoms with Crippen LogP contribution in [0.4, 0.5) is 5.69 Å². The van der Waals surface area contributed by atoms with Gasteiger partial charge in [-0.3, -0.25) is 14.7 Å². The molecule has 0 saturated heterocycles. The molecule has 0 unspecified atom stereocenters. The number of carbonyl (C=O) groups is 1. The van der Waals surface area contributed by atoms with Crippen LogP contribution in [0, 0.1) is 0 Å². The first-order valence-corrected chi connectivity index (χ1v) is 9.78. The number of fused-ring (bicyclic) bond motifs is 1. The van der Waals surface area contributed by atoms with E-state index in [1.54, 1.807) is 12.3 Å². The third-order valence-electron chi connectivity index (χ3n) is 4.95. The second-order valence-corrected chi connectivity index (χ2v) is 8.31. The van der Waals surface area contributed by atoms with Crippen LogP contribution in [0.1, 0.15) is 34.5 Å². The standard InChI is InChI=1S/C19H19BrClN3O2/c20-14-2-1-3-15(17(14)21)23-18(25)16-8-12-4-7-24(10-13(12)9-22-16)11-19(26)5-6-19/h1-3,8-9,26H,4-7,10-11H2,(H,23,25). The van der Waals surface area contributed by atoms with Gasteiger partial charge < -0.3 is 10.4 Å². The number of aliphatic hydroxyl groups is 1. The third kappa shape index (κ3) is 3.78. The summed E-state index contributed by atoms with van der Waals surface area (Å²) in [5, 5.41) is 13.4. The molecule has 1 fully saturated rings. The molecule has 4 rings (SSSR count). The van der Waals surface area contributed by atoms with Gasteiger partial charge in [0.15, 0.2) is 0 Å². The maximum absolute atomic E-state index is 12.5. The van der Waals surface area contributed by atoms with Crippen LogP contribution in [0.5, 0.6) is 0 Å². The Morgan fingerprint density at radius 1 is 1.38 bits per heavy atom. The molecule has 0 radical (unpaired) electrons. The van der Waals surface area contributed by atoms with Crippen molar-refractivity contribution in [3.05, 3.63) is 56.8 Å². The molecule has 2 aromatic rings. The zero-order valence-corrected chi connectivity index (χ0v) is 16.5. The Balaban J connectivity index is 1.47. The number of halogens is 2. The van der Waals surface area contributed by atoms with Gasteiger partial charge in [-0.1, -0.05) is 17.7 Å². The number of anilines is 1. The summed E-state index contributed by atoms with van der Waals surface area (Å²) in [5.41, 5.74) is 2.72. The van der Waals surface area contributed by atoms with E-state index in [2.05, 4.69) is 31.1 Å². The van der Waals surface area contributed by atoms with Crippen LogP contribution in [-0.4, -0.2) is 39.6 Å². The minimum absolute atomic E-state index is 0.275. The first-order valence-electron chi connectivity index (χ1n) is 8.61. The highest BCUT2D eigenvalue weighted by Gasteiger charge is 2.42. The summed E-state index contributed by atoms with van der Waals surface area (Å²) in [6.07, 6.45) is 4.42. The quantitative estimate of drug-likeness (QED) is 0.768. The Morgan fingerprint density at radius 2 is 2.19 bits per heavy atom. The normalized spacial score (nSPS) is 18.3. The molecule has 0 bridgehead atoms. The molecule has 0 atom stereocenters. The fraction of sp³-hybridized carbons (Fsp3) is 0.368. The first-order chi connectivity index (χ1) is 12.4. The summed E-state index contributed by atoms with van der Waals surface area (Å²) in [5.74, 6) is -0.275. The Labute approximate surface area is 165 Å². The lowest BCUT2D eigenvalue weighted by atomic mass is 10.0. The Hall–Kier alpha value is -1.47. The van der Waals surface area contributed by atoms with Crippen molar-refractivity contribution in [2.24, 2.45) is 0 Å². The summed E-state index contributed by atoms with van der Waals surface area (Å²) in [6, 6.07) is 7.25. The number of benzene rings is 1. The number of rotatable bonds is 4. The Kier molecular flexibility index (Phi) is 4.77. The second kappa shape index (κ2) is 6.93. The van der Waals surface area contributed by atoms with E-state index in [0.29, 0.717) is 16.4 Å². The van der Waals surface area contributed by atoms with Crippen molar-refractivity contribution in [3.63, 3.8) is 0 Å². The van der Waals surface area contributed by atoms with Crippen LogP contribution in [0.15, 0.2) is 34.9 Å². The maximum atomic E-state index is 12.5. The molecular formula is C19H19BrClN3O2. The Morgan fingerprint density at radius 3 is 2.96 bits per heavy atom. The molecule has 26 heavy (non-hydrogen) atoms. The van der Waals surface area contributed by atoms with Gasteiger partial charge in [-0.2, -0.15) is 0 Å². The minimum Gasteiger partial charge on any atom is -0.389 e. The van der Waals surface area contributed by atoms with Crippen molar-refractivity contribution in [2.75, 3.05) is 18.4 Å². The lowest BCUT2D eigenvalue weighted by Gasteiger charge is -2.30. The topological polar surface area (TPSA) is 65.5 Å². The zero-order valence-electron chi connectivity index (χ0n) is 14.1. The highest BCUT2D eigenvalue weighted by atomic mass is 79.9. The zero-order chi connectivity index (χ0) is 18.3. The van der Waals surface area contributed by atoms with Gasteiger partial charge in [0.25, 0.3) is 5.91 Å². The summed E-state index contributed by atoms with van der Waals surface area (Å²) >= 11 is 9.56. The summed E-state index contributed by atoms with van der Waals surface area (Å²) < 4.78 is 0.729. The predicted octanol–water partition coefficient (Wildman–Crippen LogP) is 3.63. The van der Waals surface area contributed by atoms with Gasteiger partial charge in [-0.05, 0) is 64.5 Å². The number of aromatic nitrogens is 1. The average molecular weight is 437 g/mol. The van der Waals surface area contributed by atoms with Crippen LogP contribution < -0.4 is 5.32 Å². The molecule has 0 spiro atoms. The maximum Gasteiger partial charge on any atom is 0.274 e. The van der Waals surface area contributed by atoms with Gasteiger partial charge in [-0.25, -0.2) is 0 Å². The summed E-state index contributed by atoms with van der Waals surface area (Å²) in [4.78, 5) is 19.1. The number of hydrogen-bond acceptors (Lipinski definition) is 4. The number of hydrogen-bond donors (Lipinski definition) is 2. The number of nitrogens with zero attached hydrogens (tertiary/aromatic N) is 2. The lowest BCUT2D eigenvalue weighted by molar-refractivity contribution is 0.0854. The molecule has 1 aliphatic heterocycles. The van der Waals surface area contributed by atoms with Crippen molar-refractivity contribution in [1.29, 1.82) is 0 Å². The molecule has 1 aliphatic carbocycles. The molecule has 136 valence electrons. The van der Waals surface area contributed by atoms with Crippen LogP contribution in [0.2, 0.25) is 5.02 Å². The van der Waals surface area contributed by atoms with E-state index in [9.17, 15) is 9.90 Å².